The van der Waals surface area contributed by atoms with Gasteiger partial charge in [-0.05, 0) is 42.9 Å². The molecular weight excluding hydrogens is 220 g/mol. The molecule has 94 valence electrons. The summed E-state index contributed by atoms with van der Waals surface area (Å²) in [5.41, 5.74) is 6.08. The molecule has 1 aliphatic heterocycles. The Morgan fingerprint density at radius 3 is 2.50 bits per heavy atom. The van der Waals surface area contributed by atoms with E-state index in [2.05, 4.69) is 11.8 Å². The number of nitrogens with zero attached hydrogens (tertiary/aromatic N) is 1. The molecule has 2 aliphatic carbocycles. The first-order valence-electron chi connectivity index (χ1n) is 6.70. The molecule has 0 aromatic rings. The Labute approximate surface area is 105 Å². The van der Waals surface area contributed by atoms with Gasteiger partial charge >= 0.3 is 0 Å². The van der Waals surface area contributed by atoms with Crippen LogP contribution in [0.1, 0.15) is 32.6 Å². The van der Waals surface area contributed by atoms with Gasteiger partial charge in [-0.2, -0.15) is 0 Å². The highest BCUT2D eigenvalue weighted by atomic mass is 35.5. The minimum atomic E-state index is 0. The Morgan fingerprint density at radius 1 is 1.19 bits per heavy atom. The lowest BCUT2D eigenvalue weighted by Crippen LogP contribution is -2.32. The van der Waals surface area contributed by atoms with E-state index in [-0.39, 0.29) is 12.4 Å². The molecule has 2 bridgehead atoms. The van der Waals surface area contributed by atoms with Gasteiger partial charge in [0.25, 0.3) is 0 Å². The SMILES string of the molecule is CC1CN(CC2CC3CCC2C3)CC1N.Cl. The molecule has 0 aromatic carbocycles. The van der Waals surface area contributed by atoms with E-state index in [9.17, 15) is 0 Å². The Morgan fingerprint density at radius 2 is 2.00 bits per heavy atom. The van der Waals surface area contributed by atoms with E-state index >= 15 is 0 Å². The van der Waals surface area contributed by atoms with Crippen LogP contribution < -0.4 is 5.73 Å². The van der Waals surface area contributed by atoms with Crippen molar-refractivity contribution < 1.29 is 0 Å². The smallest absolute Gasteiger partial charge is 0.0206 e. The highest BCUT2D eigenvalue weighted by Gasteiger charge is 2.41. The summed E-state index contributed by atoms with van der Waals surface area (Å²) in [5.74, 6) is 3.89. The molecule has 0 spiro atoms. The predicted molar refractivity (Wildman–Crippen MR) is 69.8 cm³/mol. The summed E-state index contributed by atoms with van der Waals surface area (Å²) in [7, 11) is 0. The molecule has 1 saturated heterocycles. The first kappa shape index (κ1) is 12.7. The first-order chi connectivity index (χ1) is 7.22. The third-order valence-electron chi connectivity index (χ3n) is 5.12. The molecule has 5 atom stereocenters. The summed E-state index contributed by atoms with van der Waals surface area (Å²) >= 11 is 0. The van der Waals surface area contributed by atoms with E-state index < -0.39 is 0 Å². The van der Waals surface area contributed by atoms with Crippen molar-refractivity contribution in [2.75, 3.05) is 19.6 Å². The zero-order chi connectivity index (χ0) is 10.4. The van der Waals surface area contributed by atoms with E-state index in [1.54, 1.807) is 6.42 Å². The number of nitrogens with two attached hydrogens (primary N) is 1. The van der Waals surface area contributed by atoms with E-state index in [4.69, 9.17) is 5.73 Å². The quantitative estimate of drug-likeness (QED) is 0.807. The summed E-state index contributed by atoms with van der Waals surface area (Å²) in [6.45, 7) is 6.04. The molecule has 3 heteroatoms. The number of halogens is 1. The van der Waals surface area contributed by atoms with Gasteiger partial charge in [0, 0.05) is 25.7 Å². The topological polar surface area (TPSA) is 29.3 Å². The van der Waals surface area contributed by atoms with Gasteiger partial charge < -0.3 is 10.6 Å². The fraction of sp³-hybridized carbons (Fsp3) is 1.00. The van der Waals surface area contributed by atoms with Crippen LogP contribution in [0.3, 0.4) is 0 Å². The maximum Gasteiger partial charge on any atom is 0.0206 e. The van der Waals surface area contributed by atoms with Gasteiger partial charge in [0.2, 0.25) is 0 Å². The molecule has 3 rings (SSSR count). The number of hydrogen-bond acceptors (Lipinski definition) is 2. The fourth-order valence-corrected chi connectivity index (χ4v) is 4.18. The molecule has 2 saturated carbocycles. The molecule has 0 aromatic heterocycles. The van der Waals surface area contributed by atoms with Crippen LogP contribution in [0.4, 0.5) is 0 Å². The second-order valence-electron chi connectivity index (χ2n) is 6.29. The van der Waals surface area contributed by atoms with Gasteiger partial charge in [0.1, 0.15) is 0 Å². The lowest BCUT2D eigenvalue weighted by molar-refractivity contribution is 0.215. The third-order valence-corrected chi connectivity index (χ3v) is 5.12. The maximum absolute atomic E-state index is 6.08. The average Bonchev–Trinajstić information content (AvgIpc) is 2.84. The van der Waals surface area contributed by atoms with Crippen LogP contribution in [0.25, 0.3) is 0 Å². The second-order valence-corrected chi connectivity index (χ2v) is 6.29. The Bertz CT molecular complexity index is 236. The lowest BCUT2D eigenvalue weighted by Gasteiger charge is -2.26. The van der Waals surface area contributed by atoms with Gasteiger partial charge in [-0.15, -0.1) is 12.4 Å². The summed E-state index contributed by atoms with van der Waals surface area (Å²) in [4.78, 5) is 2.63. The molecular formula is C13H25ClN2. The molecule has 1 heterocycles. The van der Waals surface area contributed by atoms with E-state index in [1.165, 1.54) is 32.4 Å². The minimum absolute atomic E-state index is 0. The van der Waals surface area contributed by atoms with Crippen molar-refractivity contribution in [2.45, 2.75) is 38.6 Å². The zero-order valence-electron chi connectivity index (χ0n) is 10.3. The van der Waals surface area contributed by atoms with Crippen molar-refractivity contribution >= 4 is 12.4 Å². The van der Waals surface area contributed by atoms with Crippen molar-refractivity contribution in [1.82, 2.24) is 4.90 Å². The van der Waals surface area contributed by atoms with Gasteiger partial charge in [-0.25, -0.2) is 0 Å². The number of likely N-dealkylation sites (tertiary alicyclic amines) is 1. The highest BCUT2D eigenvalue weighted by molar-refractivity contribution is 5.85. The fourth-order valence-electron chi connectivity index (χ4n) is 4.18. The molecule has 0 amide bonds. The van der Waals surface area contributed by atoms with Crippen LogP contribution in [-0.4, -0.2) is 30.6 Å². The number of fused-ring (bicyclic) bond motifs is 2. The van der Waals surface area contributed by atoms with Crippen molar-refractivity contribution in [3.8, 4) is 0 Å². The average molecular weight is 245 g/mol. The van der Waals surface area contributed by atoms with Crippen LogP contribution in [0.5, 0.6) is 0 Å². The van der Waals surface area contributed by atoms with Crippen LogP contribution in [-0.2, 0) is 0 Å². The first-order valence-corrected chi connectivity index (χ1v) is 6.70. The molecule has 2 N–H and O–H groups in total. The van der Waals surface area contributed by atoms with Crippen molar-refractivity contribution in [3.63, 3.8) is 0 Å². The van der Waals surface area contributed by atoms with Gasteiger partial charge in [0.15, 0.2) is 0 Å². The normalized spacial score (nSPS) is 47.2. The van der Waals surface area contributed by atoms with E-state index in [1.807, 2.05) is 0 Å². The molecule has 3 fully saturated rings. The van der Waals surface area contributed by atoms with Crippen molar-refractivity contribution in [1.29, 1.82) is 0 Å². The van der Waals surface area contributed by atoms with Crippen molar-refractivity contribution in [3.05, 3.63) is 0 Å². The van der Waals surface area contributed by atoms with E-state index in [0.29, 0.717) is 12.0 Å². The molecule has 3 aliphatic rings. The molecule has 2 nitrogen and oxygen atoms in total. The summed E-state index contributed by atoms with van der Waals surface area (Å²) in [6.07, 6.45) is 6.10. The van der Waals surface area contributed by atoms with Crippen LogP contribution in [0, 0.1) is 23.7 Å². The number of rotatable bonds is 2. The zero-order valence-corrected chi connectivity index (χ0v) is 11.1. The predicted octanol–water partition coefficient (Wildman–Crippen LogP) is 2.12. The third kappa shape index (κ3) is 2.25. The van der Waals surface area contributed by atoms with Crippen LogP contribution >= 0.6 is 12.4 Å². The second kappa shape index (κ2) is 4.83. The Balaban J connectivity index is 0.000000963. The molecule has 0 radical (unpaired) electrons. The maximum atomic E-state index is 6.08. The van der Waals surface area contributed by atoms with Gasteiger partial charge in [0.05, 0.1) is 0 Å². The number of hydrogen-bond donors (Lipinski definition) is 1. The molecule has 16 heavy (non-hydrogen) atoms. The largest absolute Gasteiger partial charge is 0.326 e. The standard InChI is InChI=1S/C13H24N2.ClH/c1-9-6-15(8-13(9)14)7-12-5-10-2-3-11(12)4-10;/h9-13H,2-8,14H2,1H3;1H. The monoisotopic (exact) mass is 244 g/mol. The highest BCUT2D eigenvalue weighted by Crippen LogP contribution is 2.48. The van der Waals surface area contributed by atoms with Crippen LogP contribution in [0.2, 0.25) is 0 Å². The van der Waals surface area contributed by atoms with Gasteiger partial charge in [-0.1, -0.05) is 13.3 Å². The van der Waals surface area contributed by atoms with E-state index in [0.717, 1.165) is 24.3 Å². The van der Waals surface area contributed by atoms with Gasteiger partial charge in [-0.3, -0.25) is 0 Å². The summed E-state index contributed by atoms with van der Waals surface area (Å²) < 4.78 is 0. The van der Waals surface area contributed by atoms with Crippen molar-refractivity contribution in [2.24, 2.45) is 29.4 Å². The molecule has 5 unspecified atom stereocenters. The lowest BCUT2D eigenvalue weighted by atomic mass is 9.88. The van der Waals surface area contributed by atoms with Crippen LogP contribution in [0.15, 0.2) is 0 Å². The minimum Gasteiger partial charge on any atom is -0.326 e. The summed E-state index contributed by atoms with van der Waals surface area (Å²) in [5, 5.41) is 0. The summed E-state index contributed by atoms with van der Waals surface area (Å²) in [6, 6.07) is 0.434. The Kier molecular flexibility index (Phi) is 3.82. The Hall–Kier alpha value is 0.210.